The first-order chi connectivity index (χ1) is 9.61. The van der Waals surface area contributed by atoms with E-state index >= 15 is 0 Å². The average Bonchev–Trinajstić information content (AvgIpc) is 3.08. The van der Waals surface area contributed by atoms with Gasteiger partial charge < -0.3 is 19.5 Å². The number of aromatic amines is 1. The molecule has 2 aromatic heterocycles. The fraction of sp³-hybridized carbons (Fsp3) is 0.308. The van der Waals surface area contributed by atoms with E-state index in [1.807, 2.05) is 0 Å². The number of aromatic nitrogens is 2. The number of methoxy groups -OCH3 is 1. The van der Waals surface area contributed by atoms with Crippen LogP contribution in [0.4, 0.5) is 0 Å². The largest absolute Gasteiger partial charge is 0.467 e. The van der Waals surface area contributed by atoms with Crippen LogP contribution in [0, 0.1) is 6.92 Å². The Labute approximate surface area is 115 Å². The van der Waals surface area contributed by atoms with Crippen molar-refractivity contribution in [3.63, 3.8) is 0 Å². The van der Waals surface area contributed by atoms with Crippen LogP contribution in [-0.2, 0) is 16.0 Å². The van der Waals surface area contributed by atoms with Crippen molar-refractivity contribution in [1.82, 2.24) is 15.3 Å². The predicted molar refractivity (Wildman–Crippen MR) is 69.0 cm³/mol. The summed E-state index contributed by atoms with van der Waals surface area (Å²) in [5, 5.41) is 2.59. The molecule has 0 aliphatic heterocycles. The van der Waals surface area contributed by atoms with E-state index in [-0.39, 0.29) is 12.2 Å². The standard InChI is InChI=1S/C13H15N3O4/c1-8-3-4-20-11(8)12(17)16-10(13(18)19-2)5-9-6-14-7-15-9/h3-4,6-7,10H,5H2,1-2H3,(H,14,15)(H,16,17)/t10-/m0/s1. The highest BCUT2D eigenvalue weighted by Crippen LogP contribution is 2.09. The van der Waals surface area contributed by atoms with Gasteiger partial charge in [0.15, 0.2) is 5.76 Å². The number of carbonyl (C=O) groups excluding carboxylic acids is 2. The van der Waals surface area contributed by atoms with E-state index in [2.05, 4.69) is 15.3 Å². The zero-order valence-electron chi connectivity index (χ0n) is 11.2. The molecule has 0 radical (unpaired) electrons. The van der Waals surface area contributed by atoms with Crippen LogP contribution in [-0.4, -0.2) is 35.0 Å². The quantitative estimate of drug-likeness (QED) is 0.789. The molecule has 0 bridgehead atoms. The van der Waals surface area contributed by atoms with E-state index in [0.29, 0.717) is 5.56 Å². The van der Waals surface area contributed by atoms with Crippen LogP contribution in [0.5, 0.6) is 0 Å². The van der Waals surface area contributed by atoms with Crippen molar-refractivity contribution in [3.05, 3.63) is 41.9 Å². The summed E-state index contributed by atoms with van der Waals surface area (Å²) in [6, 6.07) is 0.870. The minimum Gasteiger partial charge on any atom is -0.467 e. The second-order valence-electron chi connectivity index (χ2n) is 4.26. The van der Waals surface area contributed by atoms with E-state index in [4.69, 9.17) is 9.15 Å². The number of ether oxygens (including phenoxy) is 1. The lowest BCUT2D eigenvalue weighted by Crippen LogP contribution is -2.43. The molecule has 0 unspecified atom stereocenters. The number of furan rings is 1. The summed E-state index contributed by atoms with van der Waals surface area (Å²) in [7, 11) is 1.27. The van der Waals surface area contributed by atoms with Gasteiger partial charge in [-0.2, -0.15) is 0 Å². The Morgan fingerprint density at radius 1 is 1.55 bits per heavy atom. The van der Waals surface area contributed by atoms with Crippen LogP contribution in [0.2, 0.25) is 0 Å². The first-order valence-corrected chi connectivity index (χ1v) is 6.02. The fourth-order valence-electron chi connectivity index (χ4n) is 1.78. The minimum atomic E-state index is -0.808. The number of hydrogen-bond acceptors (Lipinski definition) is 5. The molecule has 2 rings (SSSR count). The molecule has 2 N–H and O–H groups in total. The highest BCUT2D eigenvalue weighted by atomic mass is 16.5. The lowest BCUT2D eigenvalue weighted by molar-refractivity contribution is -0.142. The van der Waals surface area contributed by atoms with Crippen molar-refractivity contribution >= 4 is 11.9 Å². The highest BCUT2D eigenvalue weighted by Gasteiger charge is 2.25. The minimum absolute atomic E-state index is 0.184. The second-order valence-corrected chi connectivity index (χ2v) is 4.26. The van der Waals surface area contributed by atoms with E-state index in [9.17, 15) is 9.59 Å². The third-order valence-corrected chi connectivity index (χ3v) is 2.84. The number of imidazole rings is 1. The van der Waals surface area contributed by atoms with Gasteiger partial charge in [-0.3, -0.25) is 4.79 Å². The first kappa shape index (κ1) is 13.9. The summed E-state index contributed by atoms with van der Waals surface area (Å²) in [4.78, 5) is 30.5. The van der Waals surface area contributed by atoms with E-state index in [1.54, 1.807) is 19.2 Å². The van der Waals surface area contributed by atoms with Crippen LogP contribution in [0.25, 0.3) is 0 Å². The Kier molecular flexibility index (Phi) is 4.19. The summed E-state index contributed by atoms with van der Waals surface area (Å²) < 4.78 is 9.78. The zero-order valence-corrected chi connectivity index (χ0v) is 11.2. The van der Waals surface area contributed by atoms with E-state index < -0.39 is 17.9 Å². The molecule has 0 spiro atoms. The topological polar surface area (TPSA) is 97.2 Å². The molecule has 7 heteroatoms. The molecule has 1 atom stereocenters. The Balaban J connectivity index is 2.10. The summed E-state index contributed by atoms with van der Waals surface area (Å²) in [6.07, 6.45) is 4.77. The van der Waals surface area contributed by atoms with Crippen molar-refractivity contribution in [2.45, 2.75) is 19.4 Å². The van der Waals surface area contributed by atoms with Crippen LogP contribution in [0.15, 0.2) is 29.3 Å². The maximum atomic E-state index is 12.0. The van der Waals surface area contributed by atoms with Gasteiger partial charge in [0, 0.05) is 23.9 Å². The van der Waals surface area contributed by atoms with Gasteiger partial charge in [0.25, 0.3) is 5.91 Å². The van der Waals surface area contributed by atoms with Crippen molar-refractivity contribution in [1.29, 1.82) is 0 Å². The number of aryl methyl sites for hydroxylation is 1. The number of rotatable bonds is 5. The summed E-state index contributed by atoms with van der Waals surface area (Å²) in [5.41, 5.74) is 1.42. The van der Waals surface area contributed by atoms with Gasteiger partial charge in [0.1, 0.15) is 6.04 Å². The summed E-state index contributed by atoms with van der Waals surface area (Å²) in [5.74, 6) is -0.803. The van der Waals surface area contributed by atoms with Crippen molar-refractivity contribution in [3.8, 4) is 0 Å². The lowest BCUT2D eigenvalue weighted by Gasteiger charge is -2.15. The fourth-order valence-corrected chi connectivity index (χ4v) is 1.78. The van der Waals surface area contributed by atoms with Gasteiger partial charge >= 0.3 is 5.97 Å². The van der Waals surface area contributed by atoms with E-state index in [1.165, 1.54) is 19.7 Å². The molecule has 106 valence electrons. The average molecular weight is 277 g/mol. The Morgan fingerprint density at radius 2 is 2.35 bits per heavy atom. The molecular formula is C13H15N3O4. The molecule has 2 heterocycles. The lowest BCUT2D eigenvalue weighted by atomic mass is 10.1. The van der Waals surface area contributed by atoms with E-state index in [0.717, 1.165) is 5.69 Å². The van der Waals surface area contributed by atoms with Crippen LogP contribution in [0.1, 0.15) is 21.8 Å². The Morgan fingerprint density at radius 3 is 2.90 bits per heavy atom. The number of nitrogens with one attached hydrogen (secondary N) is 2. The Bertz CT molecular complexity index is 589. The predicted octanol–water partition coefficient (Wildman–Crippen LogP) is 0.825. The third-order valence-electron chi connectivity index (χ3n) is 2.84. The van der Waals surface area contributed by atoms with Gasteiger partial charge in [-0.05, 0) is 13.0 Å². The molecule has 0 saturated carbocycles. The smallest absolute Gasteiger partial charge is 0.328 e. The number of H-pyrrole nitrogens is 1. The van der Waals surface area contributed by atoms with Gasteiger partial charge in [0.05, 0.1) is 19.7 Å². The SMILES string of the molecule is COC(=O)[C@H](Cc1cnc[nH]1)NC(=O)c1occc1C. The Hall–Kier alpha value is -2.57. The molecule has 0 aliphatic rings. The van der Waals surface area contributed by atoms with Gasteiger partial charge in [-0.25, -0.2) is 9.78 Å². The molecule has 0 aliphatic carbocycles. The maximum Gasteiger partial charge on any atom is 0.328 e. The van der Waals surface area contributed by atoms with Gasteiger partial charge in [-0.1, -0.05) is 0 Å². The van der Waals surface area contributed by atoms with Crippen molar-refractivity contribution < 1.29 is 18.7 Å². The molecular weight excluding hydrogens is 262 g/mol. The second kappa shape index (κ2) is 6.05. The van der Waals surface area contributed by atoms with Gasteiger partial charge in [0.2, 0.25) is 0 Å². The molecule has 2 aromatic rings. The molecule has 0 aromatic carbocycles. The van der Waals surface area contributed by atoms with Crippen LogP contribution < -0.4 is 5.32 Å². The first-order valence-electron chi connectivity index (χ1n) is 6.02. The van der Waals surface area contributed by atoms with Crippen LogP contribution >= 0.6 is 0 Å². The van der Waals surface area contributed by atoms with Gasteiger partial charge in [-0.15, -0.1) is 0 Å². The molecule has 20 heavy (non-hydrogen) atoms. The highest BCUT2D eigenvalue weighted by molar-refractivity contribution is 5.95. The molecule has 7 nitrogen and oxygen atoms in total. The normalized spacial score (nSPS) is 11.9. The number of nitrogens with zero attached hydrogens (tertiary/aromatic N) is 1. The number of hydrogen-bond donors (Lipinski definition) is 2. The zero-order chi connectivity index (χ0) is 14.5. The van der Waals surface area contributed by atoms with Crippen molar-refractivity contribution in [2.75, 3.05) is 7.11 Å². The number of carbonyl (C=O) groups is 2. The summed E-state index contributed by atoms with van der Waals surface area (Å²) in [6.45, 7) is 1.75. The number of amides is 1. The van der Waals surface area contributed by atoms with Crippen LogP contribution in [0.3, 0.4) is 0 Å². The number of esters is 1. The molecule has 0 fully saturated rings. The molecule has 0 saturated heterocycles. The molecule has 1 amide bonds. The summed E-state index contributed by atoms with van der Waals surface area (Å²) >= 11 is 0. The monoisotopic (exact) mass is 277 g/mol. The maximum absolute atomic E-state index is 12.0. The van der Waals surface area contributed by atoms with Crippen molar-refractivity contribution in [2.24, 2.45) is 0 Å². The third kappa shape index (κ3) is 3.05.